The van der Waals surface area contributed by atoms with E-state index >= 15 is 0 Å². The molecule has 0 aromatic carbocycles. The third-order valence-electron chi connectivity index (χ3n) is 4.04. The lowest BCUT2D eigenvalue weighted by atomic mass is 9.85. The maximum atomic E-state index is 11.9. The van der Waals surface area contributed by atoms with Crippen molar-refractivity contribution in [2.75, 3.05) is 27.2 Å². The zero-order valence-corrected chi connectivity index (χ0v) is 13.2. The normalized spacial score (nSPS) is 27.8. The van der Waals surface area contributed by atoms with Crippen LogP contribution in [0.4, 0.5) is 0 Å². The van der Waals surface area contributed by atoms with Crippen LogP contribution in [0, 0.1) is 11.3 Å². The number of hydrogen-bond donors (Lipinski definition) is 1. The molecule has 0 saturated heterocycles. The first-order valence-corrected chi connectivity index (χ1v) is 7.25. The molecule has 2 atom stereocenters. The van der Waals surface area contributed by atoms with Crippen molar-refractivity contribution in [2.24, 2.45) is 17.1 Å². The number of carbonyl (C=O) groups excluding carboxylic acids is 1. The van der Waals surface area contributed by atoms with Gasteiger partial charge in [0.25, 0.3) is 0 Å². The molecule has 0 amide bonds. The van der Waals surface area contributed by atoms with E-state index < -0.39 is 5.54 Å². The largest absolute Gasteiger partial charge is 0.468 e. The lowest BCUT2D eigenvalue weighted by Crippen LogP contribution is -2.52. The van der Waals surface area contributed by atoms with Crippen LogP contribution in [0.3, 0.4) is 0 Å². The molecular formula is C15H30N2O2. The second kappa shape index (κ2) is 6.23. The van der Waals surface area contributed by atoms with Crippen molar-refractivity contribution < 1.29 is 9.53 Å². The molecule has 0 radical (unpaired) electrons. The maximum absolute atomic E-state index is 11.9. The number of rotatable bonds is 5. The topological polar surface area (TPSA) is 55.6 Å². The summed E-state index contributed by atoms with van der Waals surface area (Å²) in [5.41, 5.74) is 5.82. The first kappa shape index (κ1) is 16.4. The Balaban J connectivity index is 2.50. The van der Waals surface area contributed by atoms with Gasteiger partial charge in [0, 0.05) is 6.54 Å². The second-order valence-electron chi connectivity index (χ2n) is 7.21. The lowest BCUT2D eigenvalue weighted by molar-refractivity contribution is -0.148. The Morgan fingerprint density at radius 3 is 2.63 bits per heavy atom. The molecule has 4 nitrogen and oxygen atoms in total. The van der Waals surface area contributed by atoms with Gasteiger partial charge in [0.05, 0.1) is 7.11 Å². The van der Waals surface area contributed by atoms with Crippen LogP contribution < -0.4 is 5.73 Å². The number of carbonyl (C=O) groups is 1. The van der Waals surface area contributed by atoms with E-state index in [1.54, 1.807) is 0 Å². The fourth-order valence-corrected chi connectivity index (χ4v) is 3.23. The standard InChI is InChI=1S/C15H30N2O2/c1-14(2,3)11-17(4)10-8-12-7-6-9-15(12,16)13(18)19-5/h12H,6-11,16H2,1-5H3. The summed E-state index contributed by atoms with van der Waals surface area (Å²) in [5, 5.41) is 0. The molecule has 2 N–H and O–H groups in total. The highest BCUT2D eigenvalue weighted by Gasteiger charge is 2.46. The third kappa shape index (κ3) is 4.46. The second-order valence-corrected chi connectivity index (χ2v) is 7.21. The highest BCUT2D eigenvalue weighted by Crippen LogP contribution is 2.37. The van der Waals surface area contributed by atoms with Gasteiger partial charge in [-0.25, -0.2) is 0 Å². The van der Waals surface area contributed by atoms with Crippen LogP contribution in [0.15, 0.2) is 0 Å². The zero-order valence-electron chi connectivity index (χ0n) is 13.2. The van der Waals surface area contributed by atoms with Crippen molar-refractivity contribution in [3.05, 3.63) is 0 Å². The van der Waals surface area contributed by atoms with Crippen LogP contribution >= 0.6 is 0 Å². The number of methoxy groups -OCH3 is 1. The summed E-state index contributed by atoms with van der Waals surface area (Å²) in [6, 6.07) is 0. The summed E-state index contributed by atoms with van der Waals surface area (Å²) in [7, 11) is 3.56. The minimum absolute atomic E-state index is 0.242. The summed E-state index contributed by atoms with van der Waals surface area (Å²) in [5.74, 6) is 0.0100. The van der Waals surface area contributed by atoms with E-state index in [4.69, 9.17) is 10.5 Å². The van der Waals surface area contributed by atoms with Crippen molar-refractivity contribution in [1.29, 1.82) is 0 Å². The Labute approximate surface area is 117 Å². The van der Waals surface area contributed by atoms with Crippen LogP contribution in [0.5, 0.6) is 0 Å². The van der Waals surface area contributed by atoms with E-state index in [1.807, 2.05) is 0 Å². The van der Waals surface area contributed by atoms with E-state index in [0.29, 0.717) is 5.41 Å². The Morgan fingerprint density at radius 2 is 2.11 bits per heavy atom. The van der Waals surface area contributed by atoms with E-state index in [9.17, 15) is 4.79 Å². The summed E-state index contributed by atoms with van der Waals surface area (Å²) >= 11 is 0. The minimum Gasteiger partial charge on any atom is -0.468 e. The molecule has 1 rings (SSSR count). The molecule has 19 heavy (non-hydrogen) atoms. The zero-order chi connectivity index (χ0) is 14.7. The predicted octanol–water partition coefficient (Wildman–Crippen LogP) is 2.02. The van der Waals surface area contributed by atoms with Crippen molar-refractivity contribution >= 4 is 5.97 Å². The van der Waals surface area contributed by atoms with Gasteiger partial charge in [-0.3, -0.25) is 4.79 Å². The number of hydrogen-bond acceptors (Lipinski definition) is 4. The molecule has 1 aliphatic rings. The number of ether oxygens (including phenoxy) is 1. The smallest absolute Gasteiger partial charge is 0.326 e. The highest BCUT2D eigenvalue weighted by atomic mass is 16.5. The molecule has 112 valence electrons. The Hall–Kier alpha value is -0.610. The molecule has 2 unspecified atom stereocenters. The monoisotopic (exact) mass is 270 g/mol. The first-order chi connectivity index (χ1) is 8.69. The van der Waals surface area contributed by atoms with Crippen LogP contribution in [0.25, 0.3) is 0 Å². The molecule has 0 heterocycles. The molecule has 0 spiro atoms. The van der Waals surface area contributed by atoms with Gasteiger partial charge in [0.15, 0.2) is 0 Å². The van der Waals surface area contributed by atoms with Gasteiger partial charge >= 0.3 is 5.97 Å². The molecule has 0 aliphatic heterocycles. The van der Waals surface area contributed by atoms with Crippen LogP contribution in [-0.2, 0) is 9.53 Å². The number of nitrogens with zero attached hydrogens (tertiary/aromatic N) is 1. The summed E-state index contributed by atoms with van der Waals surface area (Å²) < 4.78 is 4.88. The van der Waals surface area contributed by atoms with Crippen molar-refractivity contribution in [3.63, 3.8) is 0 Å². The minimum atomic E-state index is -0.753. The molecule has 0 aromatic rings. The average Bonchev–Trinajstić information content (AvgIpc) is 2.66. The lowest BCUT2D eigenvalue weighted by Gasteiger charge is -2.31. The molecule has 0 bridgehead atoms. The molecule has 0 aromatic heterocycles. The fourth-order valence-electron chi connectivity index (χ4n) is 3.23. The van der Waals surface area contributed by atoms with Gasteiger partial charge in [-0.15, -0.1) is 0 Å². The summed E-state index contributed by atoms with van der Waals surface area (Å²) in [6.45, 7) is 8.75. The van der Waals surface area contributed by atoms with Crippen molar-refractivity contribution in [3.8, 4) is 0 Å². The van der Waals surface area contributed by atoms with Gasteiger partial charge in [0.2, 0.25) is 0 Å². The highest BCUT2D eigenvalue weighted by molar-refractivity contribution is 5.81. The van der Waals surface area contributed by atoms with E-state index in [-0.39, 0.29) is 11.9 Å². The Kier molecular flexibility index (Phi) is 5.39. The first-order valence-electron chi connectivity index (χ1n) is 7.25. The van der Waals surface area contributed by atoms with Gasteiger partial charge in [-0.1, -0.05) is 27.2 Å². The van der Waals surface area contributed by atoms with E-state index in [2.05, 4.69) is 32.7 Å². The average molecular weight is 270 g/mol. The third-order valence-corrected chi connectivity index (χ3v) is 4.04. The van der Waals surface area contributed by atoms with Crippen LogP contribution in [0.2, 0.25) is 0 Å². The van der Waals surface area contributed by atoms with E-state index in [1.165, 1.54) is 7.11 Å². The Morgan fingerprint density at radius 1 is 1.47 bits per heavy atom. The van der Waals surface area contributed by atoms with Crippen molar-refractivity contribution in [1.82, 2.24) is 4.90 Å². The Bertz CT molecular complexity index is 312. The van der Waals surface area contributed by atoms with Gasteiger partial charge < -0.3 is 15.4 Å². The van der Waals surface area contributed by atoms with Gasteiger partial charge in [0.1, 0.15) is 5.54 Å². The molecule has 4 heteroatoms. The maximum Gasteiger partial charge on any atom is 0.326 e. The van der Waals surface area contributed by atoms with Crippen molar-refractivity contribution in [2.45, 2.75) is 52.0 Å². The SMILES string of the molecule is COC(=O)C1(N)CCCC1CCN(C)CC(C)(C)C. The number of nitrogens with two attached hydrogens (primary N) is 1. The number of esters is 1. The summed E-state index contributed by atoms with van der Waals surface area (Å²) in [4.78, 5) is 14.2. The van der Waals surface area contributed by atoms with Gasteiger partial charge in [-0.2, -0.15) is 0 Å². The van der Waals surface area contributed by atoms with Crippen LogP contribution in [0.1, 0.15) is 46.5 Å². The molecule has 1 fully saturated rings. The predicted molar refractivity (Wildman–Crippen MR) is 77.8 cm³/mol. The molecular weight excluding hydrogens is 240 g/mol. The van der Waals surface area contributed by atoms with Crippen LogP contribution in [-0.4, -0.2) is 43.7 Å². The van der Waals surface area contributed by atoms with Gasteiger partial charge in [-0.05, 0) is 44.2 Å². The van der Waals surface area contributed by atoms with E-state index in [0.717, 1.165) is 38.8 Å². The fraction of sp³-hybridized carbons (Fsp3) is 0.933. The molecule has 1 aliphatic carbocycles. The molecule has 1 saturated carbocycles. The summed E-state index contributed by atoms with van der Waals surface area (Å²) in [6.07, 6.45) is 3.79. The quantitative estimate of drug-likeness (QED) is 0.777.